The van der Waals surface area contributed by atoms with Crippen LogP contribution in [0.3, 0.4) is 0 Å². The molecule has 3 nitrogen and oxygen atoms in total. The van der Waals surface area contributed by atoms with Crippen molar-refractivity contribution < 1.29 is 8.95 Å². The average Bonchev–Trinajstić information content (AvgIpc) is 2.68. The van der Waals surface area contributed by atoms with Gasteiger partial charge in [-0.3, -0.25) is 4.21 Å². The fourth-order valence-corrected chi connectivity index (χ4v) is 3.15. The Bertz CT molecular complexity index is 193. The van der Waals surface area contributed by atoms with Crippen LogP contribution in [0, 0.1) is 0 Å². The van der Waals surface area contributed by atoms with Crippen LogP contribution in [0.25, 0.3) is 0 Å². The topological polar surface area (TPSA) is 52.3 Å². The van der Waals surface area contributed by atoms with Gasteiger partial charge in [-0.1, -0.05) is 6.92 Å². The van der Waals surface area contributed by atoms with Crippen molar-refractivity contribution >= 4 is 10.8 Å². The van der Waals surface area contributed by atoms with Gasteiger partial charge < -0.3 is 10.5 Å². The van der Waals surface area contributed by atoms with Gasteiger partial charge in [0.2, 0.25) is 0 Å². The summed E-state index contributed by atoms with van der Waals surface area (Å²) in [5.74, 6) is 0.662. The summed E-state index contributed by atoms with van der Waals surface area (Å²) >= 11 is 0. The highest BCUT2D eigenvalue weighted by Gasteiger charge is 2.23. The van der Waals surface area contributed by atoms with E-state index in [1.807, 2.05) is 13.8 Å². The molecule has 1 heterocycles. The molecule has 0 bridgehead atoms. The van der Waals surface area contributed by atoms with E-state index in [-0.39, 0.29) is 17.4 Å². The second-order valence-corrected chi connectivity index (χ2v) is 5.80. The highest BCUT2D eigenvalue weighted by molar-refractivity contribution is 7.85. The highest BCUT2D eigenvalue weighted by atomic mass is 32.2. The van der Waals surface area contributed by atoms with Crippen molar-refractivity contribution in [3.63, 3.8) is 0 Å². The minimum atomic E-state index is -0.835. The Kier molecular flexibility index (Phi) is 5.06. The van der Waals surface area contributed by atoms with E-state index in [4.69, 9.17) is 10.5 Å². The fourth-order valence-electron chi connectivity index (χ4n) is 1.64. The van der Waals surface area contributed by atoms with Crippen LogP contribution in [0.15, 0.2) is 0 Å². The molecule has 14 heavy (non-hydrogen) atoms. The summed E-state index contributed by atoms with van der Waals surface area (Å²) in [5.41, 5.74) is 5.86. The molecule has 1 fully saturated rings. The van der Waals surface area contributed by atoms with Gasteiger partial charge in [-0.2, -0.15) is 0 Å². The molecule has 0 spiro atoms. The lowest BCUT2D eigenvalue weighted by Gasteiger charge is -2.19. The summed E-state index contributed by atoms with van der Waals surface area (Å²) in [7, 11) is -0.835. The molecule has 1 aliphatic heterocycles. The number of nitrogens with two attached hydrogens (primary N) is 1. The van der Waals surface area contributed by atoms with Gasteiger partial charge in [-0.15, -0.1) is 0 Å². The lowest BCUT2D eigenvalue weighted by molar-refractivity contribution is 0.128. The molecule has 0 amide bonds. The van der Waals surface area contributed by atoms with Crippen molar-refractivity contribution in [3.05, 3.63) is 0 Å². The van der Waals surface area contributed by atoms with Gasteiger partial charge in [-0.25, -0.2) is 0 Å². The predicted octanol–water partition coefficient (Wildman–Crippen LogP) is 1.04. The smallest absolute Gasteiger partial charge is 0.0691 e. The lowest BCUT2D eigenvalue weighted by atomic mass is 10.2. The van der Waals surface area contributed by atoms with Crippen LogP contribution >= 0.6 is 0 Å². The van der Waals surface area contributed by atoms with Crippen LogP contribution in [-0.4, -0.2) is 34.0 Å². The van der Waals surface area contributed by atoms with Gasteiger partial charge in [0.15, 0.2) is 0 Å². The monoisotopic (exact) mass is 219 g/mol. The fraction of sp³-hybridized carbons (Fsp3) is 1.00. The second-order valence-electron chi connectivity index (χ2n) is 3.96. The number of hydrogen-bond acceptors (Lipinski definition) is 3. The molecule has 2 N–H and O–H groups in total. The Morgan fingerprint density at radius 1 is 1.64 bits per heavy atom. The molecule has 84 valence electrons. The molecule has 4 unspecified atom stereocenters. The highest BCUT2D eigenvalue weighted by Crippen LogP contribution is 2.15. The Morgan fingerprint density at radius 2 is 2.36 bits per heavy atom. The van der Waals surface area contributed by atoms with Gasteiger partial charge >= 0.3 is 0 Å². The SMILES string of the molecule is CCC(N)C(C)S(=O)CC1CCCO1. The average molecular weight is 219 g/mol. The van der Waals surface area contributed by atoms with Crippen LogP contribution in [0.1, 0.15) is 33.1 Å². The molecule has 0 aromatic carbocycles. The molecule has 0 saturated carbocycles. The number of rotatable bonds is 5. The van der Waals surface area contributed by atoms with Gasteiger partial charge in [0.1, 0.15) is 0 Å². The maximum Gasteiger partial charge on any atom is 0.0691 e. The molecule has 0 aromatic heterocycles. The van der Waals surface area contributed by atoms with Crippen molar-refractivity contribution in [1.29, 1.82) is 0 Å². The third kappa shape index (κ3) is 3.33. The second kappa shape index (κ2) is 5.83. The lowest BCUT2D eigenvalue weighted by Crippen LogP contribution is -2.37. The minimum Gasteiger partial charge on any atom is -0.377 e. The van der Waals surface area contributed by atoms with Gasteiger partial charge in [0, 0.05) is 28.7 Å². The minimum absolute atomic E-state index is 0.0530. The molecule has 4 atom stereocenters. The van der Waals surface area contributed by atoms with Crippen LogP contribution in [-0.2, 0) is 15.5 Å². The molecule has 0 aromatic rings. The third-order valence-electron chi connectivity index (χ3n) is 2.86. The van der Waals surface area contributed by atoms with E-state index in [2.05, 4.69) is 0 Å². The summed E-state index contributed by atoms with van der Waals surface area (Å²) in [6.45, 7) is 4.83. The zero-order valence-corrected chi connectivity index (χ0v) is 9.89. The van der Waals surface area contributed by atoms with E-state index < -0.39 is 10.8 Å². The molecule has 4 heteroatoms. The third-order valence-corrected chi connectivity index (χ3v) is 4.74. The Labute approximate surface area is 88.8 Å². The van der Waals surface area contributed by atoms with E-state index in [0.717, 1.165) is 25.9 Å². The van der Waals surface area contributed by atoms with Crippen LogP contribution in [0.5, 0.6) is 0 Å². The molecule has 1 saturated heterocycles. The van der Waals surface area contributed by atoms with Crippen LogP contribution < -0.4 is 5.73 Å². The van der Waals surface area contributed by atoms with E-state index >= 15 is 0 Å². The van der Waals surface area contributed by atoms with Crippen LogP contribution in [0.4, 0.5) is 0 Å². The number of ether oxygens (including phenoxy) is 1. The van der Waals surface area contributed by atoms with E-state index in [9.17, 15) is 4.21 Å². The first-order chi connectivity index (χ1) is 6.65. The number of hydrogen-bond donors (Lipinski definition) is 1. The maximum absolute atomic E-state index is 11.9. The first-order valence-corrected chi connectivity index (χ1v) is 6.77. The summed E-state index contributed by atoms with van der Waals surface area (Å²) < 4.78 is 17.3. The van der Waals surface area contributed by atoms with Gasteiger partial charge in [-0.05, 0) is 26.2 Å². The first-order valence-electron chi connectivity index (χ1n) is 5.39. The van der Waals surface area contributed by atoms with Crippen molar-refractivity contribution in [2.24, 2.45) is 5.73 Å². The van der Waals surface area contributed by atoms with Crippen LogP contribution in [0.2, 0.25) is 0 Å². The Balaban J connectivity index is 2.32. The molecule has 0 radical (unpaired) electrons. The summed E-state index contributed by atoms with van der Waals surface area (Å²) in [6, 6.07) is 0.0530. The van der Waals surface area contributed by atoms with E-state index in [0.29, 0.717) is 5.75 Å². The van der Waals surface area contributed by atoms with Crippen molar-refractivity contribution in [2.75, 3.05) is 12.4 Å². The summed E-state index contributed by atoms with van der Waals surface area (Å²) in [6.07, 6.45) is 3.26. The van der Waals surface area contributed by atoms with Gasteiger partial charge in [0.05, 0.1) is 11.9 Å². The maximum atomic E-state index is 11.9. The van der Waals surface area contributed by atoms with Crippen molar-refractivity contribution in [2.45, 2.75) is 50.5 Å². The predicted molar refractivity (Wildman–Crippen MR) is 59.7 cm³/mol. The van der Waals surface area contributed by atoms with Gasteiger partial charge in [0.25, 0.3) is 0 Å². The summed E-state index contributed by atoms with van der Waals surface area (Å²) in [4.78, 5) is 0. The van der Waals surface area contributed by atoms with E-state index in [1.54, 1.807) is 0 Å². The largest absolute Gasteiger partial charge is 0.377 e. The van der Waals surface area contributed by atoms with Crippen molar-refractivity contribution in [1.82, 2.24) is 0 Å². The standard InChI is InChI=1S/C10H21NO2S/c1-3-10(11)8(2)14(12)7-9-5-4-6-13-9/h8-10H,3-7,11H2,1-2H3. The van der Waals surface area contributed by atoms with Crippen molar-refractivity contribution in [3.8, 4) is 0 Å². The van der Waals surface area contributed by atoms with E-state index in [1.165, 1.54) is 0 Å². The Morgan fingerprint density at radius 3 is 2.86 bits per heavy atom. The summed E-state index contributed by atoms with van der Waals surface area (Å²) in [5, 5.41) is 0.0872. The quantitative estimate of drug-likeness (QED) is 0.751. The zero-order chi connectivity index (χ0) is 10.6. The first kappa shape index (κ1) is 12.1. The molecular weight excluding hydrogens is 198 g/mol. The normalized spacial score (nSPS) is 28.6. The molecule has 0 aliphatic carbocycles. The molecule has 1 rings (SSSR count). The Hall–Kier alpha value is 0.0700. The molecular formula is C10H21NO2S. The zero-order valence-electron chi connectivity index (χ0n) is 9.07. The molecule has 1 aliphatic rings.